The number of imide groups is 1. The molecule has 1 aliphatic heterocycles. The lowest BCUT2D eigenvalue weighted by Gasteiger charge is -2.33. The average molecular weight is 389 g/mol. The molecule has 0 unspecified atom stereocenters. The first-order valence-electron chi connectivity index (χ1n) is 8.19. The van der Waals surface area contributed by atoms with Crippen molar-refractivity contribution in [1.82, 2.24) is 19.8 Å². The number of thiophene rings is 1. The van der Waals surface area contributed by atoms with Gasteiger partial charge in [0.2, 0.25) is 5.91 Å². The predicted molar refractivity (Wildman–Crippen MR) is 95.9 cm³/mol. The lowest BCUT2D eigenvalue weighted by atomic mass is 10.3. The number of nitrogens with one attached hydrogen (secondary N) is 2. The fourth-order valence-electron chi connectivity index (χ4n) is 2.40. The van der Waals surface area contributed by atoms with Gasteiger partial charge in [-0.3, -0.25) is 15.0 Å². The maximum Gasteiger partial charge on any atom is 0.321 e. The van der Waals surface area contributed by atoms with Crippen molar-refractivity contribution in [3.05, 3.63) is 17.5 Å². The molecule has 2 N–H and O–H groups in total. The summed E-state index contributed by atoms with van der Waals surface area (Å²) >= 11 is 1.20. The standard InChI is InChI=1S/C15H24N4O4S2/c1-3-12(2)16-15(21)17-13(20)11-18-6-8-19(9-7-18)25(22,23)14-5-4-10-24-14/h4-5,10,12H,3,6-9,11H2,1-2H3,(H2,16,17,20,21)/t12-/m0/s1. The number of piperazine rings is 1. The van der Waals surface area contributed by atoms with Crippen molar-refractivity contribution in [2.75, 3.05) is 32.7 Å². The third-order valence-electron chi connectivity index (χ3n) is 4.03. The van der Waals surface area contributed by atoms with E-state index in [2.05, 4.69) is 10.6 Å². The molecule has 1 atom stereocenters. The van der Waals surface area contributed by atoms with Gasteiger partial charge in [0.1, 0.15) is 4.21 Å². The van der Waals surface area contributed by atoms with E-state index < -0.39 is 22.0 Å². The van der Waals surface area contributed by atoms with Crippen LogP contribution in [0.2, 0.25) is 0 Å². The number of sulfonamides is 1. The van der Waals surface area contributed by atoms with E-state index in [1.54, 1.807) is 17.5 Å². The molecule has 0 bridgehead atoms. The van der Waals surface area contributed by atoms with E-state index in [9.17, 15) is 18.0 Å². The highest BCUT2D eigenvalue weighted by atomic mass is 32.2. The van der Waals surface area contributed by atoms with Crippen molar-refractivity contribution in [3.63, 3.8) is 0 Å². The molecule has 1 aromatic rings. The topological polar surface area (TPSA) is 98.8 Å². The first kappa shape index (κ1) is 19.8. The molecule has 1 fully saturated rings. The number of nitrogens with zero attached hydrogens (tertiary/aromatic N) is 2. The summed E-state index contributed by atoms with van der Waals surface area (Å²) in [6, 6.07) is 2.80. The zero-order chi connectivity index (χ0) is 18.4. The van der Waals surface area contributed by atoms with E-state index in [1.807, 2.05) is 18.7 Å². The van der Waals surface area contributed by atoms with Crippen LogP contribution in [0.25, 0.3) is 0 Å². The fraction of sp³-hybridized carbons (Fsp3) is 0.600. The van der Waals surface area contributed by atoms with E-state index >= 15 is 0 Å². The Kier molecular flexibility index (Phi) is 6.94. The van der Waals surface area contributed by atoms with E-state index in [4.69, 9.17) is 0 Å². The van der Waals surface area contributed by atoms with Crippen molar-refractivity contribution >= 4 is 33.3 Å². The predicted octanol–water partition coefficient (Wildman–Crippen LogP) is 0.679. The van der Waals surface area contributed by atoms with Gasteiger partial charge in [-0.25, -0.2) is 13.2 Å². The molecule has 140 valence electrons. The third-order valence-corrected chi connectivity index (χ3v) is 7.30. The Morgan fingerprint density at radius 2 is 1.96 bits per heavy atom. The summed E-state index contributed by atoms with van der Waals surface area (Å²) in [5, 5.41) is 6.69. The SMILES string of the molecule is CC[C@H](C)NC(=O)NC(=O)CN1CCN(S(=O)(=O)c2cccs2)CC1. The molecule has 1 aromatic heterocycles. The molecular formula is C15H24N4O4S2. The Balaban J connectivity index is 1.79. The second-order valence-electron chi connectivity index (χ2n) is 5.94. The van der Waals surface area contributed by atoms with Crippen molar-refractivity contribution in [2.45, 2.75) is 30.5 Å². The van der Waals surface area contributed by atoms with Crippen molar-refractivity contribution in [1.29, 1.82) is 0 Å². The van der Waals surface area contributed by atoms with Gasteiger partial charge in [-0.05, 0) is 24.8 Å². The highest BCUT2D eigenvalue weighted by Crippen LogP contribution is 2.21. The van der Waals surface area contributed by atoms with Crippen LogP contribution in [0.5, 0.6) is 0 Å². The van der Waals surface area contributed by atoms with E-state index in [1.165, 1.54) is 15.6 Å². The Labute approximate surface area is 152 Å². The van der Waals surface area contributed by atoms with Crippen molar-refractivity contribution in [3.8, 4) is 0 Å². The monoisotopic (exact) mass is 388 g/mol. The zero-order valence-electron chi connectivity index (χ0n) is 14.4. The van der Waals surface area contributed by atoms with Gasteiger partial charge in [0.15, 0.2) is 0 Å². The van der Waals surface area contributed by atoms with Gasteiger partial charge < -0.3 is 5.32 Å². The van der Waals surface area contributed by atoms with Crippen LogP contribution in [0, 0.1) is 0 Å². The summed E-state index contributed by atoms with van der Waals surface area (Å²) in [6.45, 7) is 5.42. The number of urea groups is 1. The minimum absolute atomic E-state index is 0.00111. The summed E-state index contributed by atoms with van der Waals surface area (Å²) in [6.07, 6.45) is 0.780. The van der Waals surface area contributed by atoms with Gasteiger partial charge in [0.05, 0.1) is 6.54 Å². The van der Waals surface area contributed by atoms with Crippen LogP contribution in [-0.2, 0) is 14.8 Å². The van der Waals surface area contributed by atoms with Gasteiger partial charge in [0, 0.05) is 32.2 Å². The minimum Gasteiger partial charge on any atom is -0.335 e. The Hall–Kier alpha value is -1.49. The lowest BCUT2D eigenvalue weighted by Crippen LogP contribution is -2.52. The van der Waals surface area contributed by atoms with Crippen molar-refractivity contribution < 1.29 is 18.0 Å². The molecule has 25 heavy (non-hydrogen) atoms. The molecule has 8 nitrogen and oxygen atoms in total. The summed E-state index contributed by atoms with van der Waals surface area (Å²) in [4.78, 5) is 25.4. The van der Waals surface area contributed by atoms with Crippen LogP contribution in [0.3, 0.4) is 0 Å². The number of carbonyl (C=O) groups excluding carboxylic acids is 2. The van der Waals surface area contributed by atoms with Crippen LogP contribution in [0.4, 0.5) is 4.79 Å². The average Bonchev–Trinajstić information content (AvgIpc) is 3.10. The molecule has 0 aromatic carbocycles. The van der Waals surface area contributed by atoms with Gasteiger partial charge in [-0.15, -0.1) is 11.3 Å². The second kappa shape index (κ2) is 8.75. The van der Waals surface area contributed by atoms with Crippen LogP contribution in [-0.4, -0.2) is 68.3 Å². The smallest absolute Gasteiger partial charge is 0.321 e. The van der Waals surface area contributed by atoms with Gasteiger partial charge in [0.25, 0.3) is 10.0 Å². The summed E-state index contributed by atoms with van der Waals surface area (Å²) in [5.41, 5.74) is 0. The molecule has 1 saturated heterocycles. The molecule has 2 heterocycles. The normalized spacial score (nSPS) is 17.8. The Morgan fingerprint density at radius 3 is 2.52 bits per heavy atom. The maximum atomic E-state index is 12.4. The zero-order valence-corrected chi connectivity index (χ0v) is 16.0. The van der Waals surface area contributed by atoms with Crippen LogP contribution >= 0.6 is 11.3 Å². The van der Waals surface area contributed by atoms with Gasteiger partial charge >= 0.3 is 6.03 Å². The molecule has 3 amide bonds. The Bertz CT molecular complexity index is 682. The quantitative estimate of drug-likeness (QED) is 0.747. The number of hydrogen-bond acceptors (Lipinski definition) is 6. The van der Waals surface area contributed by atoms with Crippen LogP contribution in [0.1, 0.15) is 20.3 Å². The molecule has 10 heteroatoms. The molecule has 0 saturated carbocycles. The third kappa shape index (κ3) is 5.50. The molecule has 0 radical (unpaired) electrons. The molecule has 0 aliphatic carbocycles. The van der Waals surface area contributed by atoms with E-state index in [0.717, 1.165) is 6.42 Å². The van der Waals surface area contributed by atoms with E-state index in [0.29, 0.717) is 30.4 Å². The highest BCUT2D eigenvalue weighted by Gasteiger charge is 2.29. The summed E-state index contributed by atoms with van der Waals surface area (Å²) < 4.78 is 26.6. The van der Waals surface area contributed by atoms with Gasteiger partial charge in [-0.2, -0.15) is 4.31 Å². The van der Waals surface area contributed by atoms with Crippen LogP contribution < -0.4 is 10.6 Å². The molecule has 2 rings (SSSR count). The first-order valence-corrected chi connectivity index (χ1v) is 10.5. The molecule has 0 spiro atoms. The van der Waals surface area contributed by atoms with Crippen molar-refractivity contribution in [2.24, 2.45) is 0 Å². The summed E-state index contributed by atoms with van der Waals surface area (Å²) in [5.74, 6) is -0.393. The highest BCUT2D eigenvalue weighted by molar-refractivity contribution is 7.91. The number of amides is 3. The number of hydrogen-bond donors (Lipinski definition) is 2. The number of carbonyl (C=O) groups is 2. The molecular weight excluding hydrogens is 364 g/mol. The minimum atomic E-state index is -3.45. The van der Waals surface area contributed by atoms with E-state index in [-0.39, 0.29) is 12.6 Å². The molecule has 1 aliphatic rings. The number of rotatable bonds is 6. The summed E-state index contributed by atoms with van der Waals surface area (Å²) in [7, 11) is -3.45. The fourth-order valence-corrected chi connectivity index (χ4v) is 4.96. The second-order valence-corrected chi connectivity index (χ2v) is 9.06. The first-order chi connectivity index (χ1) is 11.8. The van der Waals surface area contributed by atoms with Crippen LogP contribution in [0.15, 0.2) is 21.7 Å². The Morgan fingerprint density at radius 1 is 1.28 bits per heavy atom. The maximum absolute atomic E-state index is 12.4. The lowest BCUT2D eigenvalue weighted by molar-refractivity contribution is -0.121. The largest absolute Gasteiger partial charge is 0.335 e. The van der Waals surface area contributed by atoms with Gasteiger partial charge in [-0.1, -0.05) is 13.0 Å².